The van der Waals surface area contributed by atoms with E-state index in [9.17, 15) is 9.59 Å². The Morgan fingerprint density at radius 3 is 2.50 bits per heavy atom. The first-order chi connectivity index (χ1) is 5.63. The van der Waals surface area contributed by atoms with Crippen molar-refractivity contribution in [1.29, 1.82) is 0 Å². The van der Waals surface area contributed by atoms with Crippen LogP contribution in [0.4, 0.5) is 4.79 Å². The van der Waals surface area contributed by atoms with E-state index in [-0.39, 0.29) is 19.8 Å². The van der Waals surface area contributed by atoms with Crippen molar-refractivity contribution in [3.8, 4) is 0 Å². The molecule has 0 aromatic rings. The van der Waals surface area contributed by atoms with Crippen LogP contribution in [0, 0.1) is 0 Å². The van der Waals surface area contributed by atoms with Crippen molar-refractivity contribution < 1.29 is 24.5 Å². The number of amides is 1. The van der Waals surface area contributed by atoms with Gasteiger partial charge in [0.25, 0.3) is 0 Å². The lowest BCUT2D eigenvalue weighted by Gasteiger charge is -2.30. The van der Waals surface area contributed by atoms with Crippen LogP contribution < -0.4 is 0 Å². The van der Waals surface area contributed by atoms with Gasteiger partial charge in [-0.1, -0.05) is 0 Å². The fourth-order valence-corrected chi connectivity index (χ4v) is 1.04. The normalized spacial score (nSPS) is 23.7. The standard InChI is InChI=1S/C6H9NO5/c8-5(9)4-3-12-2-1-7(4)6(10)11/h4H,1-3H2,(H,8,9)(H,10,11)/t4-/m0/s1. The van der Waals surface area contributed by atoms with Crippen molar-refractivity contribution in [1.82, 2.24) is 4.90 Å². The Morgan fingerprint density at radius 1 is 1.42 bits per heavy atom. The molecule has 12 heavy (non-hydrogen) atoms. The molecule has 6 heteroatoms. The molecule has 1 amide bonds. The lowest BCUT2D eigenvalue weighted by atomic mass is 10.2. The van der Waals surface area contributed by atoms with Gasteiger partial charge in [-0.25, -0.2) is 9.59 Å². The zero-order valence-electron chi connectivity index (χ0n) is 6.27. The van der Waals surface area contributed by atoms with E-state index in [0.717, 1.165) is 4.90 Å². The number of morpholine rings is 1. The number of nitrogens with zero attached hydrogens (tertiary/aromatic N) is 1. The predicted octanol–water partition coefficient (Wildman–Crippen LogP) is -0.550. The van der Waals surface area contributed by atoms with Gasteiger partial charge in [0, 0.05) is 6.54 Å². The molecule has 1 rings (SSSR count). The largest absolute Gasteiger partial charge is 0.480 e. The molecule has 0 saturated carbocycles. The van der Waals surface area contributed by atoms with Gasteiger partial charge in [0.1, 0.15) is 0 Å². The van der Waals surface area contributed by atoms with Gasteiger partial charge in [-0.2, -0.15) is 0 Å². The van der Waals surface area contributed by atoms with Crippen LogP contribution >= 0.6 is 0 Å². The Labute approximate surface area is 68.3 Å². The van der Waals surface area contributed by atoms with Crippen LogP contribution in [-0.2, 0) is 9.53 Å². The average molecular weight is 175 g/mol. The maximum Gasteiger partial charge on any atom is 0.408 e. The van der Waals surface area contributed by atoms with E-state index in [1.807, 2.05) is 0 Å². The summed E-state index contributed by atoms with van der Waals surface area (Å²) in [6.07, 6.45) is -1.22. The molecule has 1 heterocycles. The lowest BCUT2D eigenvalue weighted by molar-refractivity contribution is -0.148. The van der Waals surface area contributed by atoms with Crippen molar-refractivity contribution in [2.24, 2.45) is 0 Å². The highest BCUT2D eigenvalue weighted by Crippen LogP contribution is 2.06. The number of ether oxygens (including phenoxy) is 1. The first kappa shape index (κ1) is 8.79. The van der Waals surface area contributed by atoms with Crippen LogP contribution in [0.3, 0.4) is 0 Å². The molecule has 6 nitrogen and oxygen atoms in total. The zero-order valence-corrected chi connectivity index (χ0v) is 6.27. The van der Waals surface area contributed by atoms with Crippen LogP contribution in [0.25, 0.3) is 0 Å². The summed E-state index contributed by atoms with van der Waals surface area (Å²) < 4.78 is 4.84. The minimum absolute atomic E-state index is 0.0678. The number of hydrogen-bond donors (Lipinski definition) is 2. The van der Waals surface area contributed by atoms with E-state index in [0.29, 0.717) is 0 Å². The molecule has 1 atom stereocenters. The summed E-state index contributed by atoms with van der Waals surface area (Å²) in [5.41, 5.74) is 0. The second-order valence-corrected chi connectivity index (χ2v) is 2.40. The molecule has 1 fully saturated rings. The third-order valence-electron chi connectivity index (χ3n) is 1.66. The van der Waals surface area contributed by atoms with E-state index in [1.165, 1.54) is 0 Å². The highest BCUT2D eigenvalue weighted by Gasteiger charge is 2.32. The summed E-state index contributed by atoms with van der Waals surface area (Å²) in [7, 11) is 0. The first-order valence-electron chi connectivity index (χ1n) is 3.43. The summed E-state index contributed by atoms with van der Waals surface area (Å²) in [5.74, 6) is -1.17. The topological polar surface area (TPSA) is 87.1 Å². The quantitative estimate of drug-likeness (QED) is 0.558. The van der Waals surface area contributed by atoms with E-state index < -0.39 is 18.1 Å². The van der Waals surface area contributed by atoms with E-state index >= 15 is 0 Å². The molecule has 0 aliphatic carbocycles. The Morgan fingerprint density at radius 2 is 2.08 bits per heavy atom. The third kappa shape index (κ3) is 1.65. The molecule has 0 aromatic carbocycles. The van der Waals surface area contributed by atoms with Gasteiger partial charge in [-0.15, -0.1) is 0 Å². The van der Waals surface area contributed by atoms with Crippen molar-refractivity contribution in [3.05, 3.63) is 0 Å². The van der Waals surface area contributed by atoms with Gasteiger partial charge in [0.15, 0.2) is 6.04 Å². The molecule has 2 N–H and O–H groups in total. The zero-order chi connectivity index (χ0) is 9.14. The molecule has 68 valence electrons. The maximum atomic E-state index is 10.5. The Kier molecular flexibility index (Phi) is 2.49. The van der Waals surface area contributed by atoms with Gasteiger partial charge in [0.05, 0.1) is 13.2 Å². The molecular weight excluding hydrogens is 166 g/mol. The minimum atomic E-state index is -1.22. The fraction of sp³-hybridized carbons (Fsp3) is 0.667. The second-order valence-electron chi connectivity index (χ2n) is 2.40. The lowest BCUT2D eigenvalue weighted by Crippen LogP contribution is -2.52. The minimum Gasteiger partial charge on any atom is -0.480 e. The predicted molar refractivity (Wildman–Crippen MR) is 37.0 cm³/mol. The molecule has 0 radical (unpaired) electrons. The van der Waals surface area contributed by atoms with Gasteiger partial charge >= 0.3 is 12.1 Å². The van der Waals surface area contributed by atoms with Gasteiger partial charge in [-0.3, -0.25) is 4.90 Å². The Hall–Kier alpha value is -1.30. The van der Waals surface area contributed by atoms with Crippen molar-refractivity contribution in [2.75, 3.05) is 19.8 Å². The number of rotatable bonds is 1. The SMILES string of the molecule is O=C(O)[C@@H]1COCCN1C(=O)O. The summed E-state index contributed by atoms with van der Waals surface area (Å²) in [4.78, 5) is 21.8. The smallest absolute Gasteiger partial charge is 0.408 e. The number of carbonyl (C=O) groups is 2. The van der Waals surface area contributed by atoms with Crippen molar-refractivity contribution in [3.63, 3.8) is 0 Å². The van der Waals surface area contributed by atoms with Crippen LogP contribution in [0.2, 0.25) is 0 Å². The second kappa shape index (κ2) is 3.40. The van der Waals surface area contributed by atoms with Crippen LogP contribution in [0.15, 0.2) is 0 Å². The van der Waals surface area contributed by atoms with Crippen molar-refractivity contribution >= 4 is 12.1 Å². The number of carboxylic acids is 1. The molecule has 0 unspecified atom stereocenters. The summed E-state index contributed by atoms with van der Waals surface area (Å²) >= 11 is 0. The van der Waals surface area contributed by atoms with E-state index in [2.05, 4.69) is 0 Å². The Bertz CT molecular complexity index is 182. The molecular formula is C6H9NO5. The van der Waals surface area contributed by atoms with Crippen LogP contribution in [-0.4, -0.2) is 53.0 Å². The summed E-state index contributed by atoms with van der Waals surface area (Å²) in [5, 5.41) is 17.1. The molecule has 0 spiro atoms. The third-order valence-corrected chi connectivity index (χ3v) is 1.66. The Balaban J connectivity index is 2.67. The molecule has 1 aliphatic heterocycles. The fourth-order valence-electron chi connectivity index (χ4n) is 1.04. The molecule has 1 saturated heterocycles. The first-order valence-corrected chi connectivity index (χ1v) is 3.43. The van der Waals surface area contributed by atoms with Crippen LogP contribution in [0.1, 0.15) is 0 Å². The highest BCUT2D eigenvalue weighted by molar-refractivity contribution is 5.79. The highest BCUT2D eigenvalue weighted by atomic mass is 16.5. The summed E-state index contributed by atoms with van der Waals surface area (Å²) in [6.45, 7) is 0.310. The summed E-state index contributed by atoms with van der Waals surface area (Å²) in [6, 6.07) is -1.06. The number of carboxylic acid groups (broad SMARTS) is 2. The number of hydrogen-bond acceptors (Lipinski definition) is 3. The van der Waals surface area contributed by atoms with Gasteiger partial charge < -0.3 is 14.9 Å². The average Bonchev–Trinajstić information content (AvgIpc) is 2.04. The monoisotopic (exact) mass is 175 g/mol. The van der Waals surface area contributed by atoms with Gasteiger partial charge in [0.2, 0.25) is 0 Å². The molecule has 1 aliphatic rings. The molecule has 0 bridgehead atoms. The number of aliphatic carboxylic acids is 1. The van der Waals surface area contributed by atoms with E-state index in [1.54, 1.807) is 0 Å². The van der Waals surface area contributed by atoms with E-state index in [4.69, 9.17) is 14.9 Å². The van der Waals surface area contributed by atoms with Crippen molar-refractivity contribution in [2.45, 2.75) is 6.04 Å². The van der Waals surface area contributed by atoms with Gasteiger partial charge in [-0.05, 0) is 0 Å². The molecule has 0 aromatic heterocycles. The van der Waals surface area contributed by atoms with Crippen LogP contribution in [0.5, 0.6) is 0 Å². The maximum absolute atomic E-state index is 10.5.